The SMILES string of the molecule is CC(C)C(NC(=O)c1ccc(Cl)cc1Cl)C(=O)N/N=C/c1cc(Cl)ccc1OCC(N)=O. The van der Waals surface area contributed by atoms with Gasteiger partial charge in [0.1, 0.15) is 11.8 Å². The predicted octanol–water partition coefficient (Wildman–Crippen LogP) is 3.42. The Bertz CT molecular complexity index is 1040. The van der Waals surface area contributed by atoms with Crippen molar-refractivity contribution in [1.29, 1.82) is 0 Å². The monoisotopic (exact) mass is 498 g/mol. The van der Waals surface area contributed by atoms with E-state index in [2.05, 4.69) is 15.8 Å². The molecule has 4 N–H and O–H groups in total. The summed E-state index contributed by atoms with van der Waals surface area (Å²) in [6, 6.07) is 8.20. The molecule has 0 heterocycles. The molecular formula is C21H21Cl3N4O4. The van der Waals surface area contributed by atoms with E-state index in [-0.39, 0.29) is 23.1 Å². The number of carbonyl (C=O) groups is 3. The first-order valence-corrected chi connectivity index (χ1v) is 10.5. The maximum absolute atomic E-state index is 12.6. The van der Waals surface area contributed by atoms with Gasteiger partial charge in [0, 0.05) is 15.6 Å². The third-order valence-electron chi connectivity index (χ3n) is 4.13. The number of rotatable bonds is 9. The van der Waals surface area contributed by atoms with Crippen molar-refractivity contribution in [1.82, 2.24) is 10.7 Å². The van der Waals surface area contributed by atoms with Gasteiger partial charge in [-0.3, -0.25) is 14.4 Å². The molecular weight excluding hydrogens is 479 g/mol. The van der Waals surface area contributed by atoms with E-state index in [1.54, 1.807) is 26.0 Å². The van der Waals surface area contributed by atoms with E-state index < -0.39 is 23.8 Å². The highest BCUT2D eigenvalue weighted by Crippen LogP contribution is 2.22. The summed E-state index contributed by atoms with van der Waals surface area (Å²) in [4.78, 5) is 36.2. The Kier molecular flexibility index (Phi) is 9.31. The van der Waals surface area contributed by atoms with Gasteiger partial charge in [-0.05, 0) is 42.3 Å². The maximum atomic E-state index is 12.6. The fourth-order valence-electron chi connectivity index (χ4n) is 2.56. The number of nitrogens with one attached hydrogen (secondary N) is 2. The molecule has 0 spiro atoms. The predicted molar refractivity (Wildman–Crippen MR) is 124 cm³/mol. The standard InChI is InChI=1S/C21H21Cl3N4O4/c1-11(2)19(27-20(30)15-5-3-14(23)8-16(15)24)21(31)28-26-9-12-7-13(22)4-6-17(12)32-10-18(25)29/h3-9,11,19H,10H2,1-2H3,(H2,25,29)(H,27,30)(H,28,31)/b26-9+. The Labute approximate surface area is 200 Å². The van der Waals surface area contributed by atoms with Crippen molar-refractivity contribution in [2.24, 2.45) is 16.8 Å². The Balaban J connectivity index is 2.10. The van der Waals surface area contributed by atoms with E-state index in [1.165, 1.54) is 30.5 Å². The van der Waals surface area contributed by atoms with Gasteiger partial charge in [-0.2, -0.15) is 5.10 Å². The second kappa shape index (κ2) is 11.7. The van der Waals surface area contributed by atoms with Gasteiger partial charge < -0.3 is 15.8 Å². The summed E-state index contributed by atoms with van der Waals surface area (Å²) >= 11 is 17.9. The van der Waals surface area contributed by atoms with Crippen molar-refractivity contribution in [2.75, 3.05) is 6.61 Å². The molecule has 0 aliphatic heterocycles. The van der Waals surface area contributed by atoms with E-state index in [0.29, 0.717) is 21.4 Å². The van der Waals surface area contributed by atoms with Crippen LogP contribution in [0.4, 0.5) is 0 Å². The quantitative estimate of drug-likeness (QED) is 0.361. The van der Waals surface area contributed by atoms with E-state index >= 15 is 0 Å². The van der Waals surface area contributed by atoms with Crippen LogP contribution >= 0.6 is 34.8 Å². The molecule has 170 valence electrons. The summed E-state index contributed by atoms with van der Waals surface area (Å²) in [5, 5.41) is 7.51. The lowest BCUT2D eigenvalue weighted by atomic mass is 10.0. The number of nitrogens with two attached hydrogens (primary N) is 1. The Hall–Kier alpha value is -2.81. The molecule has 2 rings (SSSR count). The summed E-state index contributed by atoms with van der Waals surface area (Å²) in [7, 11) is 0. The number of halogens is 3. The summed E-state index contributed by atoms with van der Waals surface area (Å²) in [5.41, 5.74) is 8.07. The number of amides is 3. The van der Waals surface area contributed by atoms with Crippen LogP contribution in [0.5, 0.6) is 5.75 Å². The molecule has 0 aliphatic carbocycles. The van der Waals surface area contributed by atoms with Crippen LogP contribution in [0.2, 0.25) is 15.1 Å². The lowest BCUT2D eigenvalue weighted by Gasteiger charge is -2.20. The van der Waals surface area contributed by atoms with Gasteiger partial charge in [0.05, 0.1) is 16.8 Å². The molecule has 0 saturated heterocycles. The molecule has 11 heteroatoms. The molecule has 2 aromatic rings. The molecule has 1 unspecified atom stereocenters. The molecule has 0 fully saturated rings. The van der Waals surface area contributed by atoms with Gasteiger partial charge in [0.25, 0.3) is 17.7 Å². The smallest absolute Gasteiger partial charge is 0.262 e. The lowest BCUT2D eigenvalue weighted by Crippen LogP contribution is -2.48. The van der Waals surface area contributed by atoms with Crippen molar-refractivity contribution in [2.45, 2.75) is 19.9 Å². The topological polar surface area (TPSA) is 123 Å². The van der Waals surface area contributed by atoms with Crippen molar-refractivity contribution in [3.8, 4) is 5.75 Å². The van der Waals surface area contributed by atoms with Crippen molar-refractivity contribution >= 4 is 58.7 Å². The number of hydrazone groups is 1. The number of ether oxygens (including phenoxy) is 1. The first-order chi connectivity index (χ1) is 15.1. The largest absolute Gasteiger partial charge is 0.483 e. The molecule has 3 amide bonds. The van der Waals surface area contributed by atoms with Crippen molar-refractivity contribution in [3.63, 3.8) is 0 Å². The van der Waals surface area contributed by atoms with Gasteiger partial charge in [0.15, 0.2) is 6.61 Å². The Morgan fingerprint density at radius 1 is 1.09 bits per heavy atom. The first kappa shape index (κ1) is 25.5. The summed E-state index contributed by atoms with van der Waals surface area (Å²) in [6.45, 7) is 3.21. The third-order valence-corrected chi connectivity index (χ3v) is 4.91. The second-order valence-electron chi connectivity index (χ2n) is 6.99. The highest BCUT2D eigenvalue weighted by molar-refractivity contribution is 6.36. The van der Waals surface area contributed by atoms with Crippen LogP contribution in [-0.2, 0) is 9.59 Å². The highest BCUT2D eigenvalue weighted by Gasteiger charge is 2.25. The van der Waals surface area contributed by atoms with Gasteiger partial charge >= 0.3 is 0 Å². The number of carbonyl (C=O) groups excluding carboxylic acids is 3. The fraction of sp³-hybridized carbons (Fsp3) is 0.238. The van der Waals surface area contributed by atoms with Gasteiger partial charge in [-0.1, -0.05) is 48.7 Å². The number of nitrogens with zero attached hydrogens (tertiary/aromatic N) is 1. The van der Waals surface area contributed by atoms with Crippen LogP contribution in [0, 0.1) is 5.92 Å². The van der Waals surface area contributed by atoms with Crippen LogP contribution in [0.15, 0.2) is 41.5 Å². The van der Waals surface area contributed by atoms with Crippen molar-refractivity contribution in [3.05, 3.63) is 62.6 Å². The van der Waals surface area contributed by atoms with Crippen molar-refractivity contribution < 1.29 is 19.1 Å². The second-order valence-corrected chi connectivity index (χ2v) is 8.27. The van der Waals surface area contributed by atoms with Crippen LogP contribution in [0.1, 0.15) is 29.8 Å². The number of hydrogen-bond donors (Lipinski definition) is 3. The fourth-order valence-corrected chi connectivity index (χ4v) is 3.24. The third kappa shape index (κ3) is 7.40. The molecule has 0 aliphatic rings. The van der Waals surface area contributed by atoms with E-state index in [4.69, 9.17) is 45.3 Å². The molecule has 1 atom stereocenters. The molecule has 8 nitrogen and oxygen atoms in total. The average Bonchev–Trinajstić information content (AvgIpc) is 2.70. The zero-order valence-corrected chi connectivity index (χ0v) is 19.5. The molecule has 2 aromatic carbocycles. The van der Waals surface area contributed by atoms with Crippen LogP contribution in [-0.4, -0.2) is 36.6 Å². The molecule has 0 saturated carbocycles. The summed E-state index contributed by atoms with van der Waals surface area (Å²) < 4.78 is 5.30. The van der Waals surface area contributed by atoms with Gasteiger partial charge in [-0.25, -0.2) is 5.43 Å². The van der Waals surface area contributed by atoms with E-state index in [1.807, 2.05) is 0 Å². The zero-order chi connectivity index (χ0) is 23.8. The molecule has 0 aromatic heterocycles. The number of primary amides is 1. The van der Waals surface area contributed by atoms with Gasteiger partial charge in [-0.15, -0.1) is 0 Å². The first-order valence-electron chi connectivity index (χ1n) is 9.38. The summed E-state index contributed by atoms with van der Waals surface area (Å²) in [5.74, 6) is -1.66. The van der Waals surface area contributed by atoms with E-state index in [9.17, 15) is 14.4 Å². The highest BCUT2D eigenvalue weighted by atomic mass is 35.5. The number of hydrogen-bond acceptors (Lipinski definition) is 5. The van der Waals surface area contributed by atoms with Crippen LogP contribution < -0.4 is 21.2 Å². The molecule has 0 radical (unpaired) electrons. The Morgan fingerprint density at radius 2 is 1.75 bits per heavy atom. The maximum Gasteiger partial charge on any atom is 0.262 e. The van der Waals surface area contributed by atoms with Crippen LogP contribution in [0.25, 0.3) is 0 Å². The average molecular weight is 500 g/mol. The molecule has 0 bridgehead atoms. The lowest BCUT2D eigenvalue weighted by molar-refractivity contribution is -0.124. The normalized spacial score (nSPS) is 11.9. The minimum Gasteiger partial charge on any atom is -0.483 e. The van der Waals surface area contributed by atoms with Crippen LogP contribution in [0.3, 0.4) is 0 Å². The number of benzene rings is 2. The van der Waals surface area contributed by atoms with E-state index in [0.717, 1.165) is 0 Å². The van der Waals surface area contributed by atoms with Gasteiger partial charge in [0.2, 0.25) is 0 Å². The zero-order valence-electron chi connectivity index (χ0n) is 17.2. The Morgan fingerprint density at radius 3 is 2.38 bits per heavy atom. The summed E-state index contributed by atoms with van der Waals surface area (Å²) in [6.07, 6.45) is 1.30. The minimum atomic E-state index is -0.892. The minimum absolute atomic E-state index is 0.167. The molecule has 32 heavy (non-hydrogen) atoms.